The van der Waals surface area contributed by atoms with Gasteiger partial charge in [-0.1, -0.05) is 37.6 Å². The summed E-state index contributed by atoms with van der Waals surface area (Å²) in [6, 6.07) is 8.27. The van der Waals surface area contributed by atoms with Gasteiger partial charge in [0.2, 0.25) is 0 Å². The maximum atomic E-state index is 4.62. The van der Waals surface area contributed by atoms with E-state index in [0.717, 1.165) is 22.8 Å². The lowest BCUT2D eigenvalue weighted by molar-refractivity contribution is 0.781. The fourth-order valence-corrected chi connectivity index (χ4v) is 3.08. The summed E-state index contributed by atoms with van der Waals surface area (Å²) in [6.45, 7) is 4.26. The number of tetrazole rings is 1. The van der Waals surface area contributed by atoms with E-state index in [9.17, 15) is 0 Å². The van der Waals surface area contributed by atoms with Crippen LogP contribution in [0, 0.1) is 0 Å². The molecule has 0 aliphatic carbocycles. The van der Waals surface area contributed by atoms with Crippen molar-refractivity contribution in [2.24, 2.45) is 0 Å². The number of unbranched alkanes of at least 4 members (excludes halogenated alkanes) is 1. The van der Waals surface area contributed by atoms with Crippen molar-refractivity contribution in [3.8, 4) is 0 Å². The van der Waals surface area contributed by atoms with Crippen LogP contribution in [0.1, 0.15) is 49.7 Å². The second-order valence-electron chi connectivity index (χ2n) is 5.49. The van der Waals surface area contributed by atoms with Gasteiger partial charge in [-0.2, -0.15) is 5.21 Å². The normalized spacial score (nSPS) is 12.3. The molecule has 120 valence electrons. The molecule has 1 aromatic carbocycles. The summed E-state index contributed by atoms with van der Waals surface area (Å²) in [5.74, 6) is 0.814. The molecule has 0 fully saturated rings. The van der Waals surface area contributed by atoms with E-state index < -0.39 is 0 Å². The zero-order valence-electron chi connectivity index (χ0n) is 13.3. The highest BCUT2D eigenvalue weighted by Gasteiger charge is 2.12. The van der Waals surface area contributed by atoms with E-state index in [1.807, 2.05) is 0 Å². The Kier molecular flexibility index (Phi) is 4.97. The highest BCUT2D eigenvalue weighted by Crippen LogP contribution is 2.25. The first-order valence-electron chi connectivity index (χ1n) is 7.81. The average Bonchev–Trinajstić information content (AvgIpc) is 3.25. The number of nitrogens with zero attached hydrogens (tertiary/aromatic N) is 4. The van der Waals surface area contributed by atoms with E-state index in [0.29, 0.717) is 5.82 Å². The predicted molar refractivity (Wildman–Crippen MR) is 92.1 cm³/mol. The van der Waals surface area contributed by atoms with Gasteiger partial charge in [-0.05, 0) is 30.5 Å². The maximum absolute atomic E-state index is 4.62. The highest BCUT2D eigenvalue weighted by molar-refractivity contribution is 7.13. The Morgan fingerprint density at radius 3 is 2.78 bits per heavy atom. The predicted octanol–water partition coefficient (Wildman–Crippen LogP) is 3.89. The second kappa shape index (κ2) is 7.32. The molecule has 1 unspecified atom stereocenters. The first-order valence-corrected chi connectivity index (χ1v) is 8.69. The molecule has 2 aromatic heterocycles. The van der Waals surface area contributed by atoms with Crippen molar-refractivity contribution in [3.63, 3.8) is 0 Å². The monoisotopic (exact) mass is 328 g/mol. The molecular weight excluding hydrogens is 308 g/mol. The van der Waals surface area contributed by atoms with Crippen LogP contribution < -0.4 is 5.32 Å². The van der Waals surface area contributed by atoms with Gasteiger partial charge in [0.1, 0.15) is 0 Å². The smallest absolute Gasteiger partial charge is 0.187 e. The van der Waals surface area contributed by atoms with Crippen LogP contribution in [0.25, 0.3) is 0 Å². The van der Waals surface area contributed by atoms with Crippen LogP contribution in [0.3, 0.4) is 0 Å². The van der Waals surface area contributed by atoms with Gasteiger partial charge in [-0.25, -0.2) is 4.98 Å². The van der Waals surface area contributed by atoms with Crippen LogP contribution in [0.15, 0.2) is 29.6 Å². The molecule has 0 aliphatic heterocycles. The molecule has 3 rings (SSSR count). The Bertz CT molecular complexity index is 719. The third-order valence-corrected chi connectivity index (χ3v) is 4.56. The number of aromatic amines is 1. The van der Waals surface area contributed by atoms with Crippen molar-refractivity contribution in [3.05, 3.63) is 46.7 Å². The molecule has 0 radical (unpaired) electrons. The van der Waals surface area contributed by atoms with E-state index in [2.05, 4.69) is 74.4 Å². The minimum atomic E-state index is 0.114. The zero-order valence-corrected chi connectivity index (χ0v) is 14.1. The second-order valence-corrected chi connectivity index (χ2v) is 6.34. The summed E-state index contributed by atoms with van der Waals surface area (Å²) in [5.41, 5.74) is 3.35. The first-order chi connectivity index (χ1) is 11.3. The minimum absolute atomic E-state index is 0.114. The van der Waals surface area contributed by atoms with Gasteiger partial charge in [-0.15, -0.1) is 21.5 Å². The summed E-state index contributed by atoms with van der Waals surface area (Å²) in [5, 5.41) is 20.6. The highest BCUT2D eigenvalue weighted by atomic mass is 32.1. The van der Waals surface area contributed by atoms with E-state index in [-0.39, 0.29) is 5.92 Å². The number of benzene rings is 1. The third kappa shape index (κ3) is 3.92. The number of aryl methyl sites for hydroxylation is 1. The molecule has 0 aliphatic rings. The first kappa shape index (κ1) is 15.6. The molecular formula is C16H20N6S. The molecule has 0 spiro atoms. The topological polar surface area (TPSA) is 79.4 Å². The average molecular weight is 328 g/mol. The number of hydrogen-bond acceptors (Lipinski definition) is 6. The Morgan fingerprint density at radius 2 is 2.09 bits per heavy atom. The minimum Gasteiger partial charge on any atom is -0.332 e. The Morgan fingerprint density at radius 1 is 1.26 bits per heavy atom. The molecule has 2 N–H and O–H groups in total. The maximum Gasteiger partial charge on any atom is 0.187 e. The lowest BCUT2D eigenvalue weighted by Crippen LogP contribution is -1.99. The van der Waals surface area contributed by atoms with Crippen molar-refractivity contribution >= 4 is 22.2 Å². The van der Waals surface area contributed by atoms with Gasteiger partial charge in [0.25, 0.3) is 0 Å². The number of rotatable bonds is 7. The fourth-order valence-electron chi connectivity index (χ4n) is 2.32. The third-order valence-electron chi connectivity index (χ3n) is 3.75. The van der Waals surface area contributed by atoms with Crippen LogP contribution >= 0.6 is 11.3 Å². The van der Waals surface area contributed by atoms with Crippen molar-refractivity contribution in [1.29, 1.82) is 0 Å². The molecule has 6 nitrogen and oxygen atoms in total. The number of aromatic nitrogens is 5. The van der Waals surface area contributed by atoms with Crippen LogP contribution in [-0.4, -0.2) is 25.6 Å². The van der Waals surface area contributed by atoms with Gasteiger partial charge in [0, 0.05) is 17.0 Å². The van der Waals surface area contributed by atoms with Crippen LogP contribution in [0.2, 0.25) is 0 Å². The molecule has 0 saturated heterocycles. The van der Waals surface area contributed by atoms with Crippen LogP contribution in [-0.2, 0) is 6.42 Å². The van der Waals surface area contributed by atoms with E-state index >= 15 is 0 Å². The van der Waals surface area contributed by atoms with Gasteiger partial charge >= 0.3 is 0 Å². The van der Waals surface area contributed by atoms with Gasteiger partial charge in [-0.3, -0.25) is 0 Å². The quantitative estimate of drug-likeness (QED) is 0.688. The van der Waals surface area contributed by atoms with Crippen LogP contribution in [0.4, 0.5) is 10.8 Å². The Labute approximate surface area is 139 Å². The van der Waals surface area contributed by atoms with Crippen molar-refractivity contribution in [1.82, 2.24) is 25.6 Å². The number of nitrogens with one attached hydrogen (secondary N) is 2. The van der Waals surface area contributed by atoms with Gasteiger partial charge < -0.3 is 5.32 Å². The molecule has 7 heteroatoms. The van der Waals surface area contributed by atoms with Crippen LogP contribution in [0.5, 0.6) is 0 Å². The van der Waals surface area contributed by atoms with E-state index in [1.165, 1.54) is 18.5 Å². The largest absolute Gasteiger partial charge is 0.332 e. The SMILES string of the molecule is CCCCc1csc(Nc2ccc(C(C)c3nn[nH]n3)cc2)n1. The number of thiazole rings is 1. The van der Waals surface area contributed by atoms with Gasteiger partial charge in [0.05, 0.1) is 5.69 Å². The number of hydrogen-bond donors (Lipinski definition) is 2. The van der Waals surface area contributed by atoms with Crippen molar-refractivity contribution in [2.75, 3.05) is 5.32 Å². The molecule has 23 heavy (non-hydrogen) atoms. The molecule has 1 atom stereocenters. The Hall–Kier alpha value is -2.28. The van der Waals surface area contributed by atoms with E-state index in [4.69, 9.17) is 0 Å². The van der Waals surface area contributed by atoms with Crippen molar-refractivity contribution in [2.45, 2.75) is 39.0 Å². The molecule has 0 amide bonds. The summed E-state index contributed by atoms with van der Waals surface area (Å²) < 4.78 is 0. The Balaban J connectivity index is 1.64. The van der Waals surface area contributed by atoms with Crippen molar-refractivity contribution < 1.29 is 0 Å². The lowest BCUT2D eigenvalue weighted by Gasteiger charge is -2.08. The standard InChI is InChI=1S/C16H20N6S/c1-3-4-5-14-10-23-16(18-14)17-13-8-6-12(7-9-13)11(2)15-19-21-22-20-15/h6-11H,3-5H2,1-2H3,(H,17,18)(H,19,20,21,22). The molecule has 0 bridgehead atoms. The summed E-state index contributed by atoms with van der Waals surface area (Å²) in [6.07, 6.45) is 3.43. The summed E-state index contributed by atoms with van der Waals surface area (Å²) in [4.78, 5) is 4.62. The lowest BCUT2D eigenvalue weighted by atomic mass is 10.0. The molecule has 2 heterocycles. The number of anilines is 2. The van der Waals surface area contributed by atoms with Gasteiger partial charge in [0.15, 0.2) is 11.0 Å². The summed E-state index contributed by atoms with van der Waals surface area (Å²) >= 11 is 1.65. The fraction of sp³-hybridized carbons (Fsp3) is 0.375. The molecule has 3 aromatic rings. The number of H-pyrrole nitrogens is 1. The summed E-state index contributed by atoms with van der Waals surface area (Å²) in [7, 11) is 0. The zero-order chi connectivity index (χ0) is 16.1. The molecule has 0 saturated carbocycles. The van der Waals surface area contributed by atoms with E-state index in [1.54, 1.807) is 11.3 Å².